The minimum absolute atomic E-state index is 0.106. The molecular formula is C9H7N5O2. The molecule has 3 rings (SSSR count). The highest BCUT2D eigenvalue weighted by Gasteiger charge is 2.20. The molecule has 2 bridgehead atoms. The van der Waals surface area contributed by atoms with Gasteiger partial charge < -0.3 is 10.3 Å². The number of carbonyl (C=O) groups is 2. The Morgan fingerprint density at radius 3 is 2.94 bits per heavy atom. The van der Waals surface area contributed by atoms with Gasteiger partial charge >= 0.3 is 0 Å². The number of carbonyl (C=O) groups excluding carboxylic acids is 2. The molecule has 3 heterocycles. The minimum Gasteiger partial charge on any atom is -0.340 e. The van der Waals surface area contributed by atoms with E-state index in [9.17, 15) is 9.59 Å². The third-order valence-electron chi connectivity index (χ3n) is 2.37. The van der Waals surface area contributed by atoms with Gasteiger partial charge in [0.2, 0.25) is 11.7 Å². The van der Waals surface area contributed by atoms with Crippen molar-refractivity contribution < 1.29 is 9.59 Å². The zero-order valence-corrected chi connectivity index (χ0v) is 8.15. The van der Waals surface area contributed by atoms with Gasteiger partial charge in [0.15, 0.2) is 17.3 Å². The highest BCUT2D eigenvalue weighted by atomic mass is 16.2. The molecule has 7 nitrogen and oxygen atoms in total. The fourth-order valence-electron chi connectivity index (χ4n) is 1.58. The fourth-order valence-corrected chi connectivity index (χ4v) is 1.58. The van der Waals surface area contributed by atoms with Crippen LogP contribution in [0.4, 0.5) is 5.82 Å². The Bertz CT molecular complexity index is 603. The maximum atomic E-state index is 11.6. The summed E-state index contributed by atoms with van der Waals surface area (Å²) in [5.74, 6) is -0.0419. The van der Waals surface area contributed by atoms with Gasteiger partial charge in [-0.1, -0.05) is 0 Å². The smallest absolute Gasteiger partial charge is 0.226 e. The van der Waals surface area contributed by atoms with Crippen molar-refractivity contribution in [3.63, 3.8) is 0 Å². The fraction of sp³-hybridized carbons (Fsp3) is 0.222. The summed E-state index contributed by atoms with van der Waals surface area (Å²) in [6.07, 6.45) is 1.72. The molecule has 0 saturated heterocycles. The predicted octanol–water partition coefficient (Wildman–Crippen LogP) is 0.268. The van der Waals surface area contributed by atoms with E-state index in [-0.39, 0.29) is 30.4 Å². The van der Waals surface area contributed by atoms with Crippen molar-refractivity contribution in [2.45, 2.75) is 12.8 Å². The molecule has 1 amide bonds. The zero-order valence-electron chi connectivity index (χ0n) is 8.15. The minimum atomic E-state index is -0.235. The Morgan fingerprint density at radius 2 is 2.06 bits per heavy atom. The van der Waals surface area contributed by atoms with Gasteiger partial charge in [-0.05, 0) is 0 Å². The first-order valence-electron chi connectivity index (χ1n) is 4.78. The third kappa shape index (κ3) is 1.25. The van der Waals surface area contributed by atoms with E-state index in [0.29, 0.717) is 17.0 Å². The number of hydrogen-bond acceptors (Lipinski definition) is 5. The van der Waals surface area contributed by atoms with Crippen molar-refractivity contribution in [2.75, 3.05) is 5.32 Å². The van der Waals surface area contributed by atoms with Crippen molar-refractivity contribution in [3.8, 4) is 0 Å². The van der Waals surface area contributed by atoms with Crippen LogP contribution in [0, 0.1) is 0 Å². The number of aromatic nitrogens is 4. The number of nitrogens with one attached hydrogen (secondary N) is 2. The van der Waals surface area contributed by atoms with Crippen LogP contribution >= 0.6 is 0 Å². The molecule has 0 aliphatic carbocycles. The summed E-state index contributed by atoms with van der Waals surface area (Å²) in [5.41, 5.74) is 0.919. The standard InChI is InChI=1S/C9H7N5O2/c15-4-1-2-5(16)12-9-6-8(11-3-10-6)13-7(4)14-9/h3H,1-2H2,(H2,10,11,12,13,14,16). The lowest BCUT2D eigenvalue weighted by Crippen LogP contribution is -2.20. The van der Waals surface area contributed by atoms with Gasteiger partial charge in [-0.3, -0.25) is 9.59 Å². The van der Waals surface area contributed by atoms with E-state index in [1.54, 1.807) is 0 Å². The highest BCUT2D eigenvalue weighted by Crippen LogP contribution is 2.19. The first kappa shape index (κ1) is 8.96. The molecule has 2 aromatic rings. The molecule has 16 heavy (non-hydrogen) atoms. The number of ketones is 1. The molecule has 0 aromatic carbocycles. The normalized spacial score (nSPS) is 15.8. The van der Waals surface area contributed by atoms with Crippen molar-refractivity contribution in [1.29, 1.82) is 0 Å². The van der Waals surface area contributed by atoms with E-state index in [4.69, 9.17) is 0 Å². The van der Waals surface area contributed by atoms with Crippen molar-refractivity contribution in [1.82, 2.24) is 19.9 Å². The van der Waals surface area contributed by atoms with Crippen LogP contribution in [0.3, 0.4) is 0 Å². The summed E-state index contributed by atoms with van der Waals surface area (Å²) in [7, 11) is 0. The van der Waals surface area contributed by atoms with Crippen LogP contribution in [0.25, 0.3) is 11.2 Å². The number of Topliss-reactive ketones (excluding diaryl/α,β-unsaturated/α-hetero) is 1. The van der Waals surface area contributed by atoms with Crippen LogP contribution in [-0.4, -0.2) is 31.6 Å². The second-order valence-electron chi connectivity index (χ2n) is 3.47. The van der Waals surface area contributed by atoms with E-state index in [0.717, 1.165) is 0 Å². The molecule has 0 saturated carbocycles. The number of amides is 1. The number of fused-ring (bicyclic) bond motifs is 4. The van der Waals surface area contributed by atoms with E-state index in [2.05, 4.69) is 25.3 Å². The van der Waals surface area contributed by atoms with Gasteiger partial charge in [-0.2, -0.15) is 0 Å². The molecule has 2 N–H and O–H groups in total. The lowest BCUT2D eigenvalue weighted by atomic mass is 10.2. The third-order valence-corrected chi connectivity index (χ3v) is 2.37. The van der Waals surface area contributed by atoms with Crippen molar-refractivity contribution >= 4 is 28.7 Å². The van der Waals surface area contributed by atoms with Crippen LogP contribution in [0.5, 0.6) is 0 Å². The van der Waals surface area contributed by atoms with Gasteiger partial charge in [-0.25, -0.2) is 15.0 Å². The van der Waals surface area contributed by atoms with Gasteiger partial charge in [0.25, 0.3) is 0 Å². The lowest BCUT2D eigenvalue weighted by Gasteiger charge is -2.09. The first-order valence-corrected chi connectivity index (χ1v) is 4.78. The largest absolute Gasteiger partial charge is 0.340 e. The topological polar surface area (TPSA) is 101 Å². The summed E-state index contributed by atoms with van der Waals surface area (Å²) in [4.78, 5) is 37.8. The molecule has 7 heteroatoms. The first-order chi connectivity index (χ1) is 7.74. The Labute approximate surface area is 89.3 Å². The number of H-pyrrole nitrogens is 1. The van der Waals surface area contributed by atoms with E-state index >= 15 is 0 Å². The van der Waals surface area contributed by atoms with Crippen molar-refractivity contribution in [2.24, 2.45) is 0 Å². The van der Waals surface area contributed by atoms with Gasteiger partial charge in [0.1, 0.15) is 5.52 Å². The van der Waals surface area contributed by atoms with Gasteiger partial charge in [0, 0.05) is 12.8 Å². The second-order valence-corrected chi connectivity index (χ2v) is 3.47. The van der Waals surface area contributed by atoms with Crippen LogP contribution in [0.15, 0.2) is 6.33 Å². The van der Waals surface area contributed by atoms with Crippen LogP contribution in [0.2, 0.25) is 0 Å². The molecule has 1 aliphatic rings. The van der Waals surface area contributed by atoms with E-state index < -0.39 is 0 Å². The molecule has 2 aromatic heterocycles. The Hall–Kier alpha value is -2.31. The summed E-state index contributed by atoms with van der Waals surface area (Å²) < 4.78 is 0. The van der Waals surface area contributed by atoms with Crippen LogP contribution < -0.4 is 5.32 Å². The number of nitrogens with zero attached hydrogens (tertiary/aromatic N) is 3. The van der Waals surface area contributed by atoms with Gasteiger partial charge in [-0.15, -0.1) is 0 Å². The molecule has 1 aliphatic heterocycles. The van der Waals surface area contributed by atoms with Crippen LogP contribution in [0.1, 0.15) is 23.5 Å². The Morgan fingerprint density at radius 1 is 1.19 bits per heavy atom. The number of anilines is 1. The molecule has 0 fully saturated rings. The second kappa shape index (κ2) is 3.09. The quantitative estimate of drug-likeness (QED) is 0.659. The van der Waals surface area contributed by atoms with E-state index in [1.807, 2.05) is 0 Å². The number of aromatic amines is 1. The lowest BCUT2D eigenvalue weighted by molar-refractivity contribution is -0.116. The number of imidazole rings is 1. The highest BCUT2D eigenvalue weighted by molar-refractivity contribution is 6.04. The molecule has 0 radical (unpaired) electrons. The Balaban J connectivity index is 2.30. The molecule has 0 atom stereocenters. The summed E-state index contributed by atoms with van der Waals surface area (Å²) in [6.45, 7) is 0. The Kier molecular flexibility index (Phi) is 1.73. The summed E-state index contributed by atoms with van der Waals surface area (Å²) >= 11 is 0. The predicted molar refractivity (Wildman–Crippen MR) is 53.9 cm³/mol. The maximum absolute atomic E-state index is 11.6. The SMILES string of the molecule is O=C1CCC(=O)c2nc(c3[nH]cnc3n2)N1. The average Bonchev–Trinajstić information content (AvgIpc) is 2.72. The van der Waals surface area contributed by atoms with Crippen LogP contribution in [-0.2, 0) is 4.79 Å². The summed E-state index contributed by atoms with van der Waals surface area (Å²) in [5, 5.41) is 2.62. The molecular weight excluding hydrogens is 210 g/mol. The molecule has 80 valence electrons. The van der Waals surface area contributed by atoms with E-state index in [1.165, 1.54) is 6.33 Å². The number of hydrogen-bond donors (Lipinski definition) is 2. The average molecular weight is 217 g/mol. The number of rotatable bonds is 0. The van der Waals surface area contributed by atoms with Crippen molar-refractivity contribution in [3.05, 3.63) is 12.2 Å². The van der Waals surface area contributed by atoms with Gasteiger partial charge in [0.05, 0.1) is 6.33 Å². The summed E-state index contributed by atoms with van der Waals surface area (Å²) in [6, 6.07) is 0. The maximum Gasteiger partial charge on any atom is 0.226 e. The molecule has 0 unspecified atom stereocenters. The zero-order chi connectivity index (χ0) is 11.1. The molecule has 0 spiro atoms. The monoisotopic (exact) mass is 217 g/mol.